The molecule has 0 spiro atoms. The third kappa shape index (κ3) is 2.02. The minimum atomic E-state index is 0.435. The monoisotopic (exact) mass is 223 g/mol. The number of hydrogen-bond donors (Lipinski definition) is 0. The highest BCUT2D eigenvalue weighted by Gasteiger charge is 2.12. The maximum atomic E-state index is 9.11. The molecular weight excluding hydrogens is 210 g/mol. The van der Waals surface area contributed by atoms with Gasteiger partial charge in [0.15, 0.2) is 5.69 Å². The summed E-state index contributed by atoms with van der Waals surface area (Å²) in [6.45, 7) is 5.99. The lowest BCUT2D eigenvalue weighted by atomic mass is 9.96. The molecule has 0 radical (unpaired) electrons. The van der Waals surface area contributed by atoms with E-state index in [0.29, 0.717) is 5.69 Å². The standard InChI is InChI=1S/C14H13N3/c1-9-4-5-12(10(2)6-9)14-11(3)16-8-17-13(14)7-15/h4-6,8H,1-3H3. The van der Waals surface area contributed by atoms with E-state index in [1.54, 1.807) is 0 Å². The van der Waals surface area contributed by atoms with E-state index in [0.717, 1.165) is 22.4 Å². The van der Waals surface area contributed by atoms with Gasteiger partial charge in [-0.2, -0.15) is 5.26 Å². The van der Waals surface area contributed by atoms with E-state index < -0.39 is 0 Å². The van der Waals surface area contributed by atoms with Gasteiger partial charge in [-0.1, -0.05) is 23.8 Å². The van der Waals surface area contributed by atoms with Crippen LogP contribution in [0.15, 0.2) is 24.5 Å². The molecule has 0 saturated carbocycles. The van der Waals surface area contributed by atoms with Gasteiger partial charge in [0.1, 0.15) is 12.4 Å². The smallest absolute Gasteiger partial charge is 0.151 e. The molecule has 1 aromatic carbocycles. The Hall–Kier alpha value is -2.21. The van der Waals surface area contributed by atoms with Crippen LogP contribution < -0.4 is 0 Å². The van der Waals surface area contributed by atoms with Crippen LogP contribution in [-0.2, 0) is 0 Å². The van der Waals surface area contributed by atoms with Crippen molar-refractivity contribution >= 4 is 0 Å². The molecule has 0 fully saturated rings. The largest absolute Gasteiger partial charge is 0.241 e. The molecule has 0 atom stereocenters. The Bertz CT molecular complexity index is 609. The van der Waals surface area contributed by atoms with Gasteiger partial charge in [-0.3, -0.25) is 0 Å². The zero-order valence-electron chi connectivity index (χ0n) is 10.2. The first-order valence-electron chi connectivity index (χ1n) is 5.43. The lowest BCUT2D eigenvalue weighted by Crippen LogP contribution is -1.97. The van der Waals surface area contributed by atoms with Crippen molar-refractivity contribution in [2.24, 2.45) is 0 Å². The fourth-order valence-electron chi connectivity index (χ4n) is 1.97. The summed E-state index contributed by atoms with van der Waals surface area (Å²) in [6.07, 6.45) is 1.43. The topological polar surface area (TPSA) is 49.6 Å². The molecule has 3 heteroatoms. The lowest BCUT2D eigenvalue weighted by Gasteiger charge is -2.10. The fraction of sp³-hybridized carbons (Fsp3) is 0.214. The minimum Gasteiger partial charge on any atom is -0.241 e. The predicted molar refractivity (Wildman–Crippen MR) is 66.4 cm³/mol. The summed E-state index contributed by atoms with van der Waals surface area (Å²) in [7, 11) is 0. The van der Waals surface area contributed by atoms with E-state index in [2.05, 4.69) is 29.0 Å². The number of nitriles is 1. The summed E-state index contributed by atoms with van der Waals surface area (Å²) >= 11 is 0. The average Bonchev–Trinajstić information content (AvgIpc) is 2.30. The van der Waals surface area contributed by atoms with Gasteiger partial charge in [-0.15, -0.1) is 0 Å². The third-order valence-corrected chi connectivity index (χ3v) is 2.79. The second kappa shape index (κ2) is 4.34. The Morgan fingerprint density at radius 1 is 1.12 bits per heavy atom. The normalized spacial score (nSPS) is 10.0. The molecule has 1 aromatic heterocycles. The van der Waals surface area contributed by atoms with E-state index in [1.807, 2.05) is 26.0 Å². The van der Waals surface area contributed by atoms with Crippen LogP contribution in [-0.4, -0.2) is 9.97 Å². The van der Waals surface area contributed by atoms with Gasteiger partial charge in [0.05, 0.1) is 0 Å². The SMILES string of the molecule is Cc1ccc(-c2c(C)ncnc2C#N)c(C)c1. The van der Waals surface area contributed by atoms with Gasteiger partial charge in [-0.05, 0) is 31.9 Å². The highest BCUT2D eigenvalue weighted by molar-refractivity contribution is 5.73. The second-order valence-electron chi connectivity index (χ2n) is 4.11. The summed E-state index contributed by atoms with van der Waals surface area (Å²) in [5.41, 5.74) is 5.49. The van der Waals surface area contributed by atoms with Crippen LogP contribution in [0.3, 0.4) is 0 Å². The first kappa shape index (κ1) is 11.3. The maximum absolute atomic E-state index is 9.11. The molecule has 2 rings (SSSR count). The maximum Gasteiger partial charge on any atom is 0.151 e. The Morgan fingerprint density at radius 3 is 2.53 bits per heavy atom. The molecule has 0 aliphatic carbocycles. The molecule has 2 aromatic rings. The molecule has 1 heterocycles. The summed E-state index contributed by atoms with van der Waals surface area (Å²) in [5, 5.41) is 9.11. The van der Waals surface area contributed by atoms with Crippen LogP contribution >= 0.6 is 0 Å². The molecule has 0 bridgehead atoms. The van der Waals surface area contributed by atoms with Crippen LogP contribution in [0, 0.1) is 32.1 Å². The Balaban J connectivity index is 2.73. The molecule has 0 unspecified atom stereocenters. The zero-order chi connectivity index (χ0) is 12.4. The van der Waals surface area contributed by atoms with Crippen molar-refractivity contribution in [3.63, 3.8) is 0 Å². The second-order valence-corrected chi connectivity index (χ2v) is 4.11. The van der Waals surface area contributed by atoms with Crippen LogP contribution in [0.2, 0.25) is 0 Å². The van der Waals surface area contributed by atoms with Gasteiger partial charge in [0, 0.05) is 11.3 Å². The van der Waals surface area contributed by atoms with Crippen molar-refractivity contribution < 1.29 is 0 Å². The Kier molecular flexibility index (Phi) is 2.88. The number of aromatic nitrogens is 2. The molecule has 0 aliphatic heterocycles. The van der Waals surface area contributed by atoms with Gasteiger partial charge < -0.3 is 0 Å². The first-order valence-corrected chi connectivity index (χ1v) is 5.43. The molecule has 84 valence electrons. The number of hydrogen-bond acceptors (Lipinski definition) is 3. The molecule has 0 amide bonds. The molecule has 3 nitrogen and oxygen atoms in total. The van der Waals surface area contributed by atoms with Gasteiger partial charge in [-0.25, -0.2) is 9.97 Å². The van der Waals surface area contributed by atoms with Crippen molar-refractivity contribution in [2.75, 3.05) is 0 Å². The fourth-order valence-corrected chi connectivity index (χ4v) is 1.97. The van der Waals surface area contributed by atoms with E-state index in [4.69, 9.17) is 5.26 Å². The van der Waals surface area contributed by atoms with Crippen molar-refractivity contribution in [1.82, 2.24) is 9.97 Å². The van der Waals surface area contributed by atoms with E-state index in [-0.39, 0.29) is 0 Å². The first-order chi connectivity index (χ1) is 8.13. The van der Waals surface area contributed by atoms with Gasteiger partial charge in [0.25, 0.3) is 0 Å². The quantitative estimate of drug-likeness (QED) is 0.746. The van der Waals surface area contributed by atoms with E-state index in [1.165, 1.54) is 11.9 Å². The molecule has 0 N–H and O–H groups in total. The molecular formula is C14H13N3. The number of nitrogens with zero attached hydrogens (tertiary/aromatic N) is 3. The summed E-state index contributed by atoms with van der Waals surface area (Å²) < 4.78 is 0. The van der Waals surface area contributed by atoms with Gasteiger partial charge >= 0.3 is 0 Å². The van der Waals surface area contributed by atoms with E-state index in [9.17, 15) is 0 Å². The van der Waals surface area contributed by atoms with Crippen LogP contribution in [0.4, 0.5) is 0 Å². The Morgan fingerprint density at radius 2 is 1.88 bits per heavy atom. The van der Waals surface area contributed by atoms with E-state index >= 15 is 0 Å². The van der Waals surface area contributed by atoms with Crippen LogP contribution in [0.1, 0.15) is 22.5 Å². The van der Waals surface area contributed by atoms with Gasteiger partial charge in [0.2, 0.25) is 0 Å². The average molecular weight is 223 g/mol. The lowest BCUT2D eigenvalue weighted by molar-refractivity contribution is 1.08. The van der Waals surface area contributed by atoms with Crippen molar-refractivity contribution in [2.45, 2.75) is 20.8 Å². The minimum absolute atomic E-state index is 0.435. The summed E-state index contributed by atoms with van der Waals surface area (Å²) in [6, 6.07) is 8.29. The van der Waals surface area contributed by atoms with Crippen molar-refractivity contribution in [1.29, 1.82) is 5.26 Å². The molecule has 0 saturated heterocycles. The molecule has 17 heavy (non-hydrogen) atoms. The highest BCUT2D eigenvalue weighted by atomic mass is 14.8. The third-order valence-electron chi connectivity index (χ3n) is 2.79. The van der Waals surface area contributed by atoms with Crippen molar-refractivity contribution in [3.8, 4) is 17.2 Å². The number of benzene rings is 1. The highest BCUT2D eigenvalue weighted by Crippen LogP contribution is 2.28. The predicted octanol–water partition coefficient (Wildman–Crippen LogP) is 2.94. The number of rotatable bonds is 1. The summed E-state index contributed by atoms with van der Waals surface area (Å²) in [4.78, 5) is 8.19. The zero-order valence-corrected chi connectivity index (χ0v) is 10.2. The number of aryl methyl sites for hydroxylation is 3. The van der Waals surface area contributed by atoms with Crippen LogP contribution in [0.5, 0.6) is 0 Å². The summed E-state index contributed by atoms with van der Waals surface area (Å²) in [5.74, 6) is 0. The Labute approximate surface area is 101 Å². The van der Waals surface area contributed by atoms with Crippen molar-refractivity contribution in [3.05, 3.63) is 47.0 Å². The van der Waals surface area contributed by atoms with Crippen LogP contribution in [0.25, 0.3) is 11.1 Å². The molecule has 0 aliphatic rings.